The molecule has 2 amide bonds. The number of amides is 2. The van der Waals surface area contributed by atoms with Crippen molar-refractivity contribution in [1.29, 1.82) is 0 Å². The third-order valence-electron chi connectivity index (χ3n) is 3.61. The van der Waals surface area contributed by atoms with E-state index in [4.69, 9.17) is 9.84 Å². The Labute approximate surface area is 127 Å². The van der Waals surface area contributed by atoms with Crippen LogP contribution < -0.4 is 15.0 Å². The highest BCUT2D eigenvalue weighted by Crippen LogP contribution is 2.26. The summed E-state index contributed by atoms with van der Waals surface area (Å²) in [7, 11) is 1.56. The average Bonchev–Trinajstić information content (AvgIpc) is 2.89. The summed E-state index contributed by atoms with van der Waals surface area (Å²) in [6, 6.07) is 6.00. The highest BCUT2D eigenvalue weighted by molar-refractivity contribution is 6.00. The molecule has 2 rings (SSSR count). The van der Waals surface area contributed by atoms with E-state index < -0.39 is 23.8 Å². The lowest BCUT2D eigenvalue weighted by Gasteiger charge is -2.17. The molecular weight excluding hydrogens is 288 g/mol. The number of ether oxygens (including phenoxy) is 1. The van der Waals surface area contributed by atoms with E-state index in [-0.39, 0.29) is 18.9 Å². The summed E-state index contributed by atoms with van der Waals surface area (Å²) in [5, 5.41) is 11.2. The second kappa shape index (κ2) is 6.46. The standard InChI is InChI=1S/C15H18N2O5/c1-9(15(20)21)16-14(19)10-7-13(18)17(8-10)11-3-5-12(22-2)6-4-11/h3-6,9-10H,7-8H2,1-2H3,(H,16,19)(H,20,21)/t9-,10?/m1/s1. The number of carboxylic acid groups (broad SMARTS) is 1. The lowest BCUT2D eigenvalue weighted by atomic mass is 10.1. The van der Waals surface area contributed by atoms with Gasteiger partial charge in [-0.15, -0.1) is 0 Å². The van der Waals surface area contributed by atoms with E-state index in [1.807, 2.05) is 0 Å². The SMILES string of the molecule is COc1ccc(N2CC(C(=O)N[C@H](C)C(=O)O)CC2=O)cc1. The fraction of sp³-hybridized carbons (Fsp3) is 0.400. The van der Waals surface area contributed by atoms with E-state index in [0.29, 0.717) is 11.4 Å². The Morgan fingerprint density at radius 2 is 2.00 bits per heavy atom. The van der Waals surface area contributed by atoms with Gasteiger partial charge in [0.1, 0.15) is 11.8 Å². The number of carbonyl (C=O) groups is 3. The van der Waals surface area contributed by atoms with Crippen molar-refractivity contribution < 1.29 is 24.2 Å². The smallest absolute Gasteiger partial charge is 0.325 e. The Kier molecular flexibility index (Phi) is 4.65. The summed E-state index contributed by atoms with van der Waals surface area (Å²) < 4.78 is 5.06. The number of anilines is 1. The highest BCUT2D eigenvalue weighted by atomic mass is 16.5. The molecule has 0 bridgehead atoms. The second-order valence-electron chi connectivity index (χ2n) is 5.17. The lowest BCUT2D eigenvalue weighted by Crippen LogP contribution is -2.42. The Balaban J connectivity index is 2.03. The summed E-state index contributed by atoms with van der Waals surface area (Å²) in [5.41, 5.74) is 0.687. The van der Waals surface area contributed by atoms with E-state index in [2.05, 4.69) is 5.32 Å². The zero-order chi connectivity index (χ0) is 16.3. The number of nitrogens with zero attached hydrogens (tertiary/aromatic N) is 1. The van der Waals surface area contributed by atoms with Gasteiger partial charge in [-0.25, -0.2) is 0 Å². The molecule has 2 N–H and O–H groups in total. The van der Waals surface area contributed by atoms with Crippen molar-refractivity contribution in [3.8, 4) is 5.75 Å². The number of rotatable bonds is 5. The number of methoxy groups -OCH3 is 1. The van der Waals surface area contributed by atoms with Crippen LogP contribution in [0.2, 0.25) is 0 Å². The van der Waals surface area contributed by atoms with Crippen LogP contribution >= 0.6 is 0 Å². The zero-order valence-corrected chi connectivity index (χ0v) is 12.4. The predicted molar refractivity (Wildman–Crippen MR) is 78.7 cm³/mol. The summed E-state index contributed by atoms with van der Waals surface area (Å²) in [6.45, 7) is 1.63. The number of aliphatic carboxylic acids is 1. The first-order chi connectivity index (χ1) is 10.4. The van der Waals surface area contributed by atoms with E-state index in [9.17, 15) is 14.4 Å². The van der Waals surface area contributed by atoms with Gasteiger partial charge in [0.25, 0.3) is 0 Å². The Morgan fingerprint density at radius 3 is 2.55 bits per heavy atom. The van der Waals surface area contributed by atoms with Crippen LogP contribution in [0.3, 0.4) is 0 Å². The Hall–Kier alpha value is -2.57. The van der Waals surface area contributed by atoms with Crippen LogP contribution in [0.5, 0.6) is 5.75 Å². The first-order valence-electron chi connectivity index (χ1n) is 6.90. The molecular formula is C15H18N2O5. The van der Waals surface area contributed by atoms with Crippen LogP contribution in [-0.4, -0.2) is 42.6 Å². The van der Waals surface area contributed by atoms with E-state index in [1.165, 1.54) is 11.8 Å². The van der Waals surface area contributed by atoms with Crippen molar-refractivity contribution in [2.24, 2.45) is 5.92 Å². The van der Waals surface area contributed by atoms with E-state index in [1.54, 1.807) is 31.4 Å². The average molecular weight is 306 g/mol. The van der Waals surface area contributed by atoms with Crippen molar-refractivity contribution in [3.05, 3.63) is 24.3 Å². The Morgan fingerprint density at radius 1 is 1.36 bits per heavy atom. The van der Waals surface area contributed by atoms with Crippen molar-refractivity contribution >= 4 is 23.5 Å². The maximum absolute atomic E-state index is 12.1. The molecule has 1 aromatic rings. The van der Waals surface area contributed by atoms with Crippen LogP contribution in [0.15, 0.2) is 24.3 Å². The summed E-state index contributed by atoms with van der Waals surface area (Å²) in [5.74, 6) is -1.55. The van der Waals surface area contributed by atoms with Gasteiger partial charge >= 0.3 is 5.97 Å². The molecule has 118 valence electrons. The molecule has 1 aromatic carbocycles. The Bertz CT molecular complexity index is 584. The first kappa shape index (κ1) is 15.8. The molecule has 7 nitrogen and oxygen atoms in total. The van der Waals surface area contributed by atoms with Gasteiger partial charge in [0.2, 0.25) is 11.8 Å². The normalized spacial score (nSPS) is 18.9. The quantitative estimate of drug-likeness (QED) is 0.832. The van der Waals surface area contributed by atoms with Gasteiger partial charge in [-0.05, 0) is 31.2 Å². The maximum Gasteiger partial charge on any atom is 0.325 e. The van der Waals surface area contributed by atoms with Crippen molar-refractivity contribution in [1.82, 2.24) is 5.32 Å². The number of hydrogen-bond donors (Lipinski definition) is 2. The third kappa shape index (κ3) is 3.36. The second-order valence-corrected chi connectivity index (χ2v) is 5.17. The maximum atomic E-state index is 12.1. The largest absolute Gasteiger partial charge is 0.497 e. The minimum atomic E-state index is -1.11. The van der Waals surface area contributed by atoms with Gasteiger partial charge < -0.3 is 20.1 Å². The van der Waals surface area contributed by atoms with Crippen LogP contribution in [0.1, 0.15) is 13.3 Å². The molecule has 1 aliphatic rings. The van der Waals surface area contributed by atoms with Gasteiger partial charge in [0, 0.05) is 18.7 Å². The van der Waals surface area contributed by atoms with Crippen LogP contribution in [0, 0.1) is 5.92 Å². The van der Waals surface area contributed by atoms with Crippen LogP contribution in [0.25, 0.3) is 0 Å². The monoisotopic (exact) mass is 306 g/mol. The molecule has 1 aliphatic heterocycles. The third-order valence-corrected chi connectivity index (χ3v) is 3.61. The number of benzene rings is 1. The fourth-order valence-electron chi connectivity index (χ4n) is 2.29. The van der Waals surface area contributed by atoms with Gasteiger partial charge in [0.05, 0.1) is 13.0 Å². The summed E-state index contributed by atoms with van der Waals surface area (Å²) in [4.78, 5) is 36.4. The molecule has 1 fully saturated rings. The van der Waals surface area contributed by atoms with Crippen molar-refractivity contribution in [3.63, 3.8) is 0 Å². The molecule has 0 saturated carbocycles. The molecule has 0 aromatic heterocycles. The first-order valence-corrected chi connectivity index (χ1v) is 6.90. The van der Waals surface area contributed by atoms with Crippen LogP contribution in [-0.2, 0) is 14.4 Å². The van der Waals surface area contributed by atoms with Gasteiger partial charge in [-0.2, -0.15) is 0 Å². The number of nitrogens with one attached hydrogen (secondary N) is 1. The summed E-state index contributed by atoms with van der Waals surface area (Å²) in [6.07, 6.45) is 0.0736. The molecule has 0 radical (unpaired) electrons. The molecule has 2 atom stereocenters. The molecule has 0 spiro atoms. The van der Waals surface area contributed by atoms with Crippen molar-refractivity contribution in [2.45, 2.75) is 19.4 Å². The molecule has 7 heteroatoms. The summed E-state index contributed by atoms with van der Waals surface area (Å²) >= 11 is 0. The number of hydrogen-bond acceptors (Lipinski definition) is 4. The molecule has 0 aliphatic carbocycles. The number of carbonyl (C=O) groups excluding carboxylic acids is 2. The fourth-order valence-corrected chi connectivity index (χ4v) is 2.29. The highest BCUT2D eigenvalue weighted by Gasteiger charge is 2.35. The van der Waals surface area contributed by atoms with Crippen LogP contribution in [0.4, 0.5) is 5.69 Å². The van der Waals surface area contributed by atoms with Crippen molar-refractivity contribution in [2.75, 3.05) is 18.6 Å². The number of carboxylic acids is 1. The van der Waals surface area contributed by atoms with Gasteiger partial charge in [-0.1, -0.05) is 0 Å². The van der Waals surface area contributed by atoms with E-state index in [0.717, 1.165) is 0 Å². The molecule has 1 unspecified atom stereocenters. The molecule has 1 saturated heterocycles. The zero-order valence-electron chi connectivity index (χ0n) is 12.4. The van der Waals surface area contributed by atoms with Gasteiger partial charge in [0.15, 0.2) is 0 Å². The lowest BCUT2D eigenvalue weighted by molar-refractivity contribution is -0.141. The molecule has 22 heavy (non-hydrogen) atoms. The topological polar surface area (TPSA) is 95.9 Å². The molecule has 1 heterocycles. The van der Waals surface area contributed by atoms with Gasteiger partial charge in [-0.3, -0.25) is 14.4 Å². The minimum Gasteiger partial charge on any atom is -0.497 e. The predicted octanol–water partition coefficient (Wildman–Crippen LogP) is 0.637. The minimum absolute atomic E-state index is 0.0736. The van der Waals surface area contributed by atoms with E-state index >= 15 is 0 Å².